The highest BCUT2D eigenvalue weighted by atomic mass is 35.5. The van der Waals surface area contributed by atoms with E-state index in [9.17, 15) is 0 Å². The Hall–Kier alpha value is -2.13. The molecule has 1 fully saturated rings. The molecule has 3 heteroatoms. The van der Waals surface area contributed by atoms with Crippen LogP contribution >= 0.6 is 11.6 Å². The minimum Gasteiger partial charge on any atom is -0.330 e. The van der Waals surface area contributed by atoms with Gasteiger partial charge in [-0.1, -0.05) is 91.5 Å². The Morgan fingerprint density at radius 3 is 2.10 bits per heavy atom. The topological polar surface area (TPSA) is 52.0 Å². The summed E-state index contributed by atoms with van der Waals surface area (Å²) in [5.41, 5.74) is 17.6. The van der Waals surface area contributed by atoms with Crippen molar-refractivity contribution in [2.45, 2.75) is 51.0 Å². The zero-order chi connectivity index (χ0) is 21.3. The van der Waals surface area contributed by atoms with Gasteiger partial charge in [0.15, 0.2) is 0 Å². The quantitative estimate of drug-likeness (QED) is 0.494. The lowest BCUT2D eigenvalue weighted by molar-refractivity contribution is 0.441. The third kappa shape index (κ3) is 5.95. The smallest absolute Gasteiger partial charge is 0.0484 e. The zero-order valence-electron chi connectivity index (χ0n) is 17.9. The van der Waals surface area contributed by atoms with Crippen LogP contribution in [0.25, 0.3) is 11.1 Å². The summed E-state index contributed by atoms with van der Waals surface area (Å²) in [6.45, 7) is 2.68. The van der Waals surface area contributed by atoms with Gasteiger partial charge in [0.2, 0.25) is 0 Å². The summed E-state index contributed by atoms with van der Waals surface area (Å²) < 4.78 is 0. The Kier molecular flexibility index (Phi) is 8.50. The largest absolute Gasteiger partial charge is 0.330 e. The highest BCUT2D eigenvalue weighted by Gasteiger charge is 2.15. The van der Waals surface area contributed by atoms with Crippen LogP contribution in [-0.2, 0) is 0 Å². The molecular weight excluding hydrogens is 388 g/mol. The molecule has 3 aromatic rings. The van der Waals surface area contributed by atoms with Gasteiger partial charge in [-0.05, 0) is 54.2 Å². The molecule has 4 N–H and O–H groups in total. The van der Waals surface area contributed by atoms with Gasteiger partial charge in [-0.15, -0.1) is 0 Å². The first-order valence-corrected chi connectivity index (χ1v) is 11.3. The van der Waals surface area contributed by atoms with Gasteiger partial charge in [0.05, 0.1) is 0 Å². The number of rotatable bonds is 4. The van der Waals surface area contributed by atoms with Gasteiger partial charge in [0.25, 0.3) is 0 Å². The lowest BCUT2D eigenvalue weighted by Crippen LogP contribution is -2.22. The predicted octanol–water partition coefficient (Wildman–Crippen LogP) is 6.68. The molecule has 1 aliphatic rings. The summed E-state index contributed by atoms with van der Waals surface area (Å²) in [7, 11) is 0. The van der Waals surface area contributed by atoms with Gasteiger partial charge in [0, 0.05) is 29.1 Å². The van der Waals surface area contributed by atoms with E-state index in [0.717, 1.165) is 10.6 Å². The summed E-state index contributed by atoms with van der Waals surface area (Å²) in [6, 6.07) is 25.5. The molecular formula is C27H33ClN2. The third-order valence-electron chi connectivity index (χ3n) is 5.92. The van der Waals surface area contributed by atoms with Crippen molar-refractivity contribution < 1.29 is 0 Å². The maximum Gasteiger partial charge on any atom is 0.0484 e. The Labute approximate surface area is 186 Å². The summed E-state index contributed by atoms with van der Waals surface area (Å²) >= 11 is 6.47. The molecule has 0 aromatic heterocycles. The molecule has 1 saturated carbocycles. The number of nitrogens with two attached hydrogens (primary N) is 2. The molecule has 1 atom stereocenters. The normalized spacial score (nSPS) is 15.2. The highest BCUT2D eigenvalue weighted by molar-refractivity contribution is 6.33. The minimum absolute atomic E-state index is 0.177. The van der Waals surface area contributed by atoms with Crippen molar-refractivity contribution in [2.24, 2.45) is 11.5 Å². The fourth-order valence-corrected chi connectivity index (χ4v) is 4.34. The zero-order valence-corrected chi connectivity index (χ0v) is 18.6. The monoisotopic (exact) mass is 420 g/mol. The van der Waals surface area contributed by atoms with Crippen LogP contribution in [0.15, 0.2) is 72.8 Å². The molecule has 0 bridgehead atoms. The van der Waals surface area contributed by atoms with Gasteiger partial charge >= 0.3 is 0 Å². The van der Waals surface area contributed by atoms with E-state index in [-0.39, 0.29) is 5.92 Å². The number of hydrogen-bond donors (Lipinski definition) is 2. The Morgan fingerprint density at radius 1 is 0.833 bits per heavy atom. The van der Waals surface area contributed by atoms with E-state index in [2.05, 4.69) is 55.5 Å². The third-order valence-corrected chi connectivity index (χ3v) is 6.25. The first kappa shape index (κ1) is 22.6. The maximum absolute atomic E-state index is 6.47. The van der Waals surface area contributed by atoms with Crippen LogP contribution in [0.5, 0.6) is 0 Å². The molecule has 0 heterocycles. The van der Waals surface area contributed by atoms with Crippen LogP contribution in [-0.4, -0.2) is 12.6 Å². The van der Waals surface area contributed by atoms with E-state index in [1.165, 1.54) is 54.4 Å². The number of hydrogen-bond acceptors (Lipinski definition) is 2. The van der Waals surface area contributed by atoms with E-state index in [1.807, 2.05) is 24.3 Å². The van der Waals surface area contributed by atoms with Gasteiger partial charge < -0.3 is 11.5 Å². The average Bonchev–Trinajstić information content (AvgIpc) is 2.78. The Morgan fingerprint density at radius 2 is 1.50 bits per heavy atom. The van der Waals surface area contributed by atoms with Crippen LogP contribution in [0.1, 0.15) is 54.7 Å². The molecule has 158 valence electrons. The number of aryl methyl sites for hydroxylation is 1. The average molecular weight is 421 g/mol. The van der Waals surface area contributed by atoms with Crippen molar-refractivity contribution in [2.75, 3.05) is 6.54 Å². The van der Waals surface area contributed by atoms with E-state index < -0.39 is 0 Å². The van der Waals surface area contributed by atoms with Crippen molar-refractivity contribution in [1.29, 1.82) is 0 Å². The highest BCUT2D eigenvalue weighted by Crippen LogP contribution is 2.34. The van der Waals surface area contributed by atoms with Gasteiger partial charge in [0.1, 0.15) is 0 Å². The van der Waals surface area contributed by atoms with Gasteiger partial charge in [-0.25, -0.2) is 0 Å². The molecule has 0 radical (unpaired) electrons. The Bertz CT molecular complexity index is 917. The lowest BCUT2D eigenvalue weighted by atomic mass is 9.89. The molecule has 1 unspecified atom stereocenters. The first-order chi connectivity index (χ1) is 14.6. The van der Waals surface area contributed by atoms with E-state index in [4.69, 9.17) is 23.1 Å². The summed E-state index contributed by atoms with van der Waals surface area (Å²) in [5, 5.41) is 0.770. The van der Waals surface area contributed by atoms with Crippen molar-refractivity contribution in [3.63, 3.8) is 0 Å². The van der Waals surface area contributed by atoms with Crippen LogP contribution in [0.3, 0.4) is 0 Å². The van der Waals surface area contributed by atoms with Crippen LogP contribution < -0.4 is 11.5 Å². The minimum atomic E-state index is 0.177. The van der Waals surface area contributed by atoms with Crippen LogP contribution in [0.2, 0.25) is 5.02 Å². The van der Waals surface area contributed by atoms with Crippen LogP contribution in [0.4, 0.5) is 0 Å². The second-order valence-electron chi connectivity index (χ2n) is 8.15. The number of benzene rings is 3. The van der Waals surface area contributed by atoms with Crippen LogP contribution in [0, 0.1) is 6.92 Å². The SMILES string of the molecule is Cc1ccccc1-c1cc(C(CN)c2ccccc2)ccc1Cl.NC1CCCCC1. The van der Waals surface area contributed by atoms with Crippen molar-refractivity contribution in [3.05, 3.63) is 94.5 Å². The first-order valence-electron chi connectivity index (χ1n) is 11.0. The molecule has 30 heavy (non-hydrogen) atoms. The fourth-order valence-electron chi connectivity index (χ4n) is 4.13. The fraction of sp³-hybridized carbons (Fsp3) is 0.333. The summed E-state index contributed by atoms with van der Waals surface area (Å²) in [4.78, 5) is 0. The molecule has 2 nitrogen and oxygen atoms in total. The van der Waals surface area contributed by atoms with E-state index in [0.29, 0.717) is 12.6 Å². The van der Waals surface area contributed by atoms with E-state index >= 15 is 0 Å². The molecule has 1 aliphatic carbocycles. The van der Waals surface area contributed by atoms with Crippen molar-refractivity contribution in [1.82, 2.24) is 0 Å². The molecule has 0 spiro atoms. The van der Waals surface area contributed by atoms with Gasteiger partial charge in [-0.3, -0.25) is 0 Å². The molecule has 4 rings (SSSR count). The van der Waals surface area contributed by atoms with Crippen molar-refractivity contribution in [3.8, 4) is 11.1 Å². The summed E-state index contributed by atoms with van der Waals surface area (Å²) in [5.74, 6) is 0.177. The lowest BCUT2D eigenvalue weighted by Gasteiger charge is -2.18. The summed E-state index contributed by atoms with van der Waals surface area (Å²) in [6.07, 6.45) is 6.66. The second kappa shape index (κ2) is 11.3. The molecule has 0 amide bonds. The second-order valence-corrected chi connectivity index (χ2v) is 8.56. The van der Waals surface area contributed by atoms with E-state index in [1.54, 1.807) is 0 Å². The number of halogens is 1. The standard InChI is InChI=1S/C21H20ClN.C6H13N/c1-15-7-5-6-10-18(15)19-13-17(11-12-21(19)22)20(14-23)16-8-3-2-4-9-16;7-6-4-2-1-3-5-6/h2-13,20H,14,23H2,1H3;6H,1-5,7H2. The molecule has 3 aromatic carbocycles. The van der Waals surface area contributed by atoms with Crippen molar-refractivity contribution >= 4 is 11.6 Å². The Balaban J connectivity index is 0.000000310. The molecule has 0 saturated heterocycles. The maximum atomic E-state index is 6.47. The van der Waals surface area contributed by atoms with Gasteiger partial charge in [-0.2, -0.15) is 0 Å². The predicted molar refractivity (Wildman–Crippen MR) is 130 cm³/mol. The molecule has 0 aliphatic heterocycles.